The number of anilines is 2. The molecule has 1 saturated carbocycles. The number of aromatic nitrogens is 4. The Hall–Kier alpha value is -3.69. The highest BCUT2D eigenvalue weighted by atomic mass is 19.1. The smallest absolute Gasteiger partial charge is 0.261 e. The highest BCUT2D eigenvalue weighted by Crippen LogP contribution is 2.40. The molecule has 1 atom stereocenters. The molecule has 4 aromatic rings. The predicted octanol–water partition coefficient (Wildman–Crippen LogP) is 4.29. The molecule has 1 unspecified atom stereocenters. The third-order valence-corrected chi connectivity index (χ3v) is 6.78. The minimum Gasteiger partial charge on any atom is -0.371 e. The highest BCUT2D eigenvalue weighted by Gasteiger charge is 2.26. The minimum atomic E-state index is -0.476. The van der Waals surface area contributed by atoms with Crippen LogP contribution in [-0.2, 0) is 11.3 Å². The van der Waals surface area contributed by atoms with E-state index in [2.05, 4.69) is 25.6 Å². The first kappa shape index (κ1) is 22.8. The van der Waals surface area contributed by atoms with Crippen molar-refractivity contribution >= 4 is 22.7 Å². The Morgan fingerprint density at radius 2 is 1.97 bits per heavy atom. The van der Waals surface area contributed by atoms with Crippen LogP contribution >= 0.6 is 0 Å². The molecule has 2 aliphatic rings. The summed E-state index contributed by atoms with van der Waals surface area (Å²) >= 11 is 0. The third-order valence-electron chi connectivity index (χ3n) is 6.78. The lowest BCUT2D eigenvalue weighted by atomic mass is 10.1. The summed E-state index contributed by atoms with van der Waals surface area (Å²) in [6.07, 6.45) is 5.49. The van der Waals surface area contributed by atoms with Crippen LogP contribution in [0.1, 0.15) is 42.9 Å². The Balaban J connectivity index is 1.30. The second-order valence-corrected chi connectivity index (χ2v) is 9.26. The minimum absolute atomic E-state index is 0.0436. The van der Waals surface area contributed by atoms with Gasteiger partial charge >= 0.3 is 0 Å². The normalized spacial score (nSPS) is 17.9. The second kappa shape index (κ2) is 9.40. The molecule has 1 saturated heterocycles. The number of benzene rings is 1. The van der Waals surface area contributed by atoms with Crippen LogP contribution in [0, 0.1) is 5.82 Å². The number of rotatable bonds is 6. The quantitative estimate of drug-likeness (QED) is 0.420. The van der Waals surface area contributed by atoms with E-state index in [9.17, 15) is 9.18 Å². The Kier molecular flexibility index (Phi) is 5.94. The van der Waals surface area contributed by atoms with Gasteiger partial charge in [-0.2, -0.15) is 4.98 Å². The molecule has 9 heteroatoms. The monoisotopic (exact) mass is 486 g/mol. The van der Waals surface area contributed by atoms with E-state index in [4.69, 9.17) is 4.74 Å². The SMILES string of the molecule is CCn1c(=O)c(-c2ncc(C3CC3)cc2F)cc2cnc(Nc3ccc(C4CNCCO4)cc3)nc21. The van der Waals surface area contributed by atoms with Gasteiger partial charge < -0.3 is 15.4 Å². The maximum absolute atomic E-state index is 14.9. The number of nitrogens with one attached hydrogen (secondary N) is 2. The van der Waals surface area contributed by atoms with Gasteiger partial charge in [-0.25, -0.2) is 9.37 Å². The highest BCUT2D eigenvalue weighted by molar-refractivity contribution is 5.81. The summed E-state index contributed by atoms with van der Waals surface area (Å²) in [6, 6.07) is 11.1. The Bertz CT molecular complexity index is 1480. The summed E-state index contributed by atoms with van der Waals surface area (Å²) in [5.74, 6) is 0.284. The van der Waals surface area contributed by atoms with E-state index in [1.54, 1.807) is 18.5 Å². The summed E-state index contributed by atoms with van der Waals surface area (Å²) in [4.78, 5) is 26.7. The third kappa shape index (κ3) is 4.36. The van der Waals surface area contributed by atoms with Crippen LogP contribution in [0.25, 0.3) is 22.3 Å². The van der Waals surface area contributed by atoms with Gasteiger partial charge in [-0.3, -0.25) is 14.3 Å². The van der Waals surface area contributed by atoms with E-state index in [-0.39, 0.29) is 22.9 Å². The van der Waals surface area contributed by atoms with Crippen molar-refractivity contribution in [3.63, 3.8) is 0 Å². The number of aryl methyl sites for hydroxylation is 1. The summed E-state index contributed by atoms with van der Waals surface area (Å²) in [5.41, 5.74) is 3.25. The fraction of sp³-hybridized carbons (Fsp3) is 0.333. The Morgan fingerprint density at radius 1 is 1.14 bits per heavy atom. The van der Waals surface area contributed by atoms with E-state index in [1.807, 2.05) is 31.2 Å². The van der Waals surface area contributed by atoms with E-state index in [1.165, 1.54) is 10.6 Å². The number of ether oxygens (including phenoxy) is 1. The fourth-order valence-corrected chi connectivity index (χ4v) is 4.66. The lowest BCUT2D eigenvalue weighted by Gasteiger charge is -2.24. The second-order valence-electron chi connectivity index (χ2n) is 9.26. The van der Waals surface area contributed by atoms with E-state index >= 15 is 0 Å². The van der Waals surface area contributed by atoms with Gasteiger partial charge in [0.2, 0.25) is 5.95 Å². The number of halogens is 1. The molecule has 36 heavy (non-hydrogen) atoms. The van der Waals surface area contributed by atoms with Crippen molar-refractivity contribution in [2.45, 2.75) is 38.3 Å². The molecule has 8 nitrogen and oxygen atoms in total. The molecule has 2 N–H and O–H groups in total. The molecule has 0 bridgehead atoms. The summed E-state index contributed by atoms with van der Waals surface area (Å²) < 4.78 is 22.3. The van der Waals surface area contributed by atoms with Gasteiger partial charge in [-0.1, -0.05) is 12.1 Å². The van der Waals surface area contributed by atoms with Gasteiger partial charge in [0.25, 0.3) is 5.56 Å². The molecule has 0 radical (unpaired) electrons. The molecule has 4 heterocycles. The summed E-state index contributed by atoms with van der Waals surface area (Å²) in [5, 5.41) is 7.18. The summed E-state index contributed by atoms with van der Waals surface area (Å²) in [6.45, 7) is 4.61. The fourth-order valence-electron chi connectivity index (χ4n) is 4.66. The van der Waals surface area contributed by atoms with Gasteiger partial charge in [-0.15, -0.1) is 0 Å². The topological polar surface area (TPSA) is 94.0 Å². The first-order valence-corrected chi connectivity index (χ1v) is 12.4. The Labute approximate surface area is 207 Å². The predicted molar refractivity (Wildman–Crippen MR) is 136 cm³/mol. The average molecular weight is 487 g/mol. The van der Waals surface area contributed by atoms with Gasteiger partial charge in [0, 0.05) is 43.1 Å². The molecule has 184 valence electrons. The van der Waals surface area contributed by atoms with E-state index in [0.29, 0.717) is 36.1 Å². The maximum Gasteiger partial charge on any atom is 0.261 e. The van der Waals surface area contributed by atoms with Crippen molar-refractivity contribution in [1.82, 2.24) is 24.8 Å². The van der Waals surface area contributed by atoms with Crippen LogP contribution in [0.15, 0.2) is 53.6 Å². The number of pyridine rings is 2. The average Bonchev–Trinajstić information content (AvgIpc) is 3.75. The van der Waals surface area contributed by atoms with Crippen LogP contribution in [-0.4, -0.2) is 39.2 Å². The number of hydrogen-bond donors (Lipinski definition) is 2. The molecule has 1 aromatic carbocycles. The van der Waals surface area contributed by atoms with Gasteiger partial charge in [0.05, 0.1) is 18.3 Å². The molecule has 2 fully saturated rings. The molecule has 1 aliphatic heterocycles. The van der Waals surface area contributed by atoms with Crippen molar-refractivity contribution in [1.29, 1.82) is 0 Å². The molecular weight excluding hydrogens is 459 g/mol. The van der Waals surface area contributed by atoms with E-state index < -0.39 is 5.82 Å². The van der Waals surface area contributed by atoms with Gasteiger partial charge in [-0.05, 0) is 61.1 Å². The molecular formula is C27H27FN6O2. The molecule has 0 spiro atoms. The van der Waals surface area contributed by atoms with Crippen LogP contribution in [0.3, 0.4) is 0 Å². The largest absolute Gasteiger partial charge is 0.371 e. The van der Waals surface area contributed by atoms with Crippen LogP contribution in [0.5, 0.6) is 0 Å². The van der Waals surface area contributed by atoms with Crippen molar-refractivity contribution < 1.29 is 9.13 Å². The molecule has 3 aromatic heterocycles. The Morgan fingerprint density at radius 3 is 2.67 bits per heavy atom. The van der Waals surface area contributed by atoms with E-state index in [0.717, 1.165) is 42.7 Å². The standard InChI is InChI=1S/C27H27FN6O2/c1-2-34-25-19(11-21(26(34)35)24-22(28)12-18(13-30-24)16-3-4-16)14-31-27(33-25)32-20-7-5-17(6-8-20)23-15-29-9-10-36-23/h5-8,11-14,16,23,29H,2-4,9-10,15H2,1H3,(H,31,32,33). The van der Waals surface area contributed by atoms with Crippen molar-refractivity contribution in [3.8, 4) is 11.3 Å². The number of nitrogens with zero attached hydrogens (tertiary/aromatic N) is 4. The first-order valence-electron chi connectivity index (χ1n) is 12.4. The lowest BCUT2D eigenvalue weighted by molar-refractivity contribution is 0.0277. The van der Waals surface area contributed by atoms with Gasteiger partial charge in [0.15, 0.2) is 0 Å². The molecule has 1 aliphatic carbocycles. The zero-order chi connectivity index (χ0) is 24.6. The van der Waals surface area contributed by atoms with Crippen LogP contribution in [0.2, 0.25) is 0 Å². The van der Waals surface area contributed by atoms with Crippen molar-refractivity contribution in [2.75, 3.05) is 25.0 Å². The molecule has 0 amide bonds. The van der Waals surface area contributed by atoms with Crippen LogP contribution < -0.4 is 16.2 Å². The number of morpholine rings is 1. The number of hydrogen-bond acceptors (Lipinski definition) is 7. The zero-order valence-electron chi connectivity index (χ0n) is 20.0. The summed E-state index contributed by atoms with van der Waals surface area (Å²) in [7, 11) is 0. The first-order chi connectivity index (χ1) is 17.6. The van der Waals surface area contributed by atoms with Crippen LogP contribution in [0.4, 0.5) is 16.0 Å². The lowest BCUT2D eigenvalue weighted by Crippen LogP contribution is -2.33. The maximum atomic E-state index is 14.9. The number of fused-ring (bicyclic) bond motifs is 1. The zero-order valence-corrected chi connectivity index (χ0v) is 20.0. The van der Waals surface area contributed by atoms with Crippen molar-refractivity contribution in [3.05, 3.63) is 76.1 Å². The van der Waals surface area contributed by atoms with Crippen molar-refractivity contribution in [2.24, 2.45) is 0 Å². The molecule has 6 rings (SSSR count). The van der Waals surface area contributed by atoms with Gasteiger partial charge in [0.1, 0.15) is 17.2 Å².